The van der Waals surface area contributed by atoms with Gasteiger partial charge in [0.15, 0.2) is 0 Å². The first-order valence-corrected chi connectivity index (χ1v) is 5.47. The minimum absolute atomic E-state index is 0.534. The van der Waals surface area contributed by atoms with Gasteiger partial charge in [0.1, 0.15) is 17.2 Å². The van der Waals surface area contributed by atoms with Crippen LogP contribution < -0.4 is 14.2 Å². The lowest BCUT2D eigenvalue weighted by Gasteiger charge is -2.14. The summed E-state index contributed by atoms with van der Waals surface area (Å²) in [4.78, 5) is 7.06. The van der Waals surface area contributed by atoms with Gasteiger partial charge in [-0.15, -0.1) is 0 Å². The van der Waals surface area contributed by atoms with Crippen LogP contribution in [-0.4, -0.2) is 31.3 Å². The maximum atomic E-state index is 12.8. The van der Waals surface area contributed by atoms with Crippen molar-refractivity contribution in [1.29, 1.82) is 0 Å². The molecule has 0 atom stereocenters. The fourth-order valence-corrected chi connectivity index (χ4v) is 1.73. The predicted octanol–water partition coefficient (Wildman–Crippen LogP) is 2.31. The molecule has 0 unspecified atom stereocenters. The molecule has 0 saturated carbocycles. The average molecular weight is 264 g/mol. The van der Waals surface area contributed by atoms with E-state index >= 15 is 0 Å². The number of hydrogen-bond acceptors (Lipinski definition) is 5. The fraction of sp³-hybridized carbons (Fsp3) is 0.231. The Morgan fingerprint density at radius 2 is 1.42 bits per heavy atom. The van der Waals surface area contributed by atoms with Crippen LogP contribution in [0.15, 0.2) is 24.5 Å². The van der Waals surface area contributed by atoms with Crippen molar-refractivity contribution in [3.63, 3.8) is 0 Å². The Bertz CT molecular complexity index is 548. The van der Waals surface area contributed by atoms with Gasteiger partial charge in [0.05, 0.1) is 26.9 Å². The molecule has 100 valence electrons. The van der Waals surface area contributed by atoms with Crippen LogP contribution >= 0.6 is 0 Å². The van der Waals surface area contributed by atoms with Gasteiger partial charge in [-0.1, -0.05) is 0 Å². The summed E-state index contributed by atoms with van der Waals surface area (Å²) in [5.41, 5.74) is 1.24. The van der Waals surface area contributed by atoms with Gasteiger partial charge in [0, 0.05) is 30.1 Å². The van der Waals surface area contributed by atoms with Crippen molar-refractivity contribution >= 4 is 0 Å². The Morgan fingerprint density at radius 3 is 1.84 bits per heavy atom. The quantitative estimate of drug-likeness (QED) is 0.793. The summed E-state index contributed by atoms with van der Waals surface area (Å²) >= 11 is 0. The highest BCUT2D eigenvalue weighted by atomic mass is 19.1. The summed E-state index contributed by atoms with van der Waals surface area (Å²) in [5.74, 6) is 1.67. The SMILES string of the molecule is COc1cc(OC)c(-c2cnc(F)nc2)c(OC)c1. The highest BCUT2D eigenvalue weighted by Crippen LogP contribution is 2.41. The summed E-state index contributed by atoms with van der Waals surface area (Å²) in [6, 6.07) is 3.42. The third-order valence-electron chi connectivity index (χ3n) is 2.62. The lowest BCUT2D eigenvalue weighted by molar-refractivity contribution is 0.377. The van der Waals surface area contributed by atoms with E-state index in [0.29, 0.717) is 28.4 Å². The molecule has 0 spiro atoms. The van der Waals surface area contributed by atoms with Gasteiger partial charge in [0.2, 0.25) is 0 Å². The second kappa shape index (κ2) is 5.51. The van der Waals surface area contributed by atoms with Gasteiger partial charge in [-0.05, 0) is 0 Å². The van der Waals surface area contributed by atoms with E-state index in [2.05, 4.69) is 9.97 Å². The molecule has 0 saturated heterocycles. The Morgan fingerprint density at radius 1 is 0.895 bits per heavy atom. The molecule has 5 nitrogen and oxygen atoms in total. The van der Waals surface area contributed by atoms with Crippen molar-refractivity contribution in [2.24, 2.45) is 0 Å². The van der Waals surface area contributed by atoms with Crippen LogP contribution in [0.4, 0.5) is 4.39 Å². The number of halogens is 1. The van der Waals surface area contributed by atoms with Gasteiger partial charge in [-0.3, -0.25) is 0 Å². The highest BCUT2D eigenvalue weighted by Gasteiger charge is 2.16. The molecular formula is C13H13FN2O3. The third kappa shape index (κ3) is 2.57. The molecule has 0 bridgehead atoms. The minimum Gasteiger partial charge on any atom is -0.496 e. The molecule has 0 aliphatic rings. The first kappa shape index (κ1) is 13.1. The van der Waals surface area contributed by atoms with Crippen molar-refractivity contribution in [2.45, 2.75) is 0 Å². The number of nitrogens with zero attached hydrogens (tertiary/aromatic N) is 2. The monoisotopic (exact) mass is 264 g/mol. The number of rotatable bonds is 4. The van der Waals surface area contributed by atoms with E-state index in [-0.39, 0.29) is 0 Å². The first-order chi connectivity index (χ1) is 9.19. The Kier molecular flexibility index (Phi) is 3.79. The van der Waals surface area contributed by atoms with E-state index < -0.39 is 6.08 Å². The van der Waals surface area contributed by atoms with Crippen LogP contribution in [0.1, 0.15) is 0 Å². The van der Waals surface area contributed by atoms with E-state index in [1.165, 1.54) is 26.6 Å². The molecule has 0 amide bonds. The molecule has 19 heavy (non-hydrogen) atoms. The summed E-state index contributed by atoms with van der Waals surface area (Å²) < 4.78 is 28.6. The highest BCUT2D eigenvalue weighted by molar-refractivity contribution is 5.77. The molecule has 1 aromatic carbocycles. The van der Waals surface area contributed by atoms with E-state index in [1.54, 1.807) is 19.2 Å². The molecule has 0 aliphatic carbocycles. The van der Waals surface area contributed by atoms with Crippen molar-refractivity contribution in [2.75, 3.05) is 21.3 Å². The molecule has 2 rings (SSSR count). The fourth-order valence-electron chi connectivity index (χ4n) is 1.73. The maximum absolute atomic E-state index is 12.8. The minimum atomic E-state index is -0.782. The molecule has 1 aromatic heterocycles. The second-order valence-corrected chi connectivity index (χ2v) is 3.65. The van der Waals surface area contributed by atoms with Gasteiger partial charge in [0.25, 0.3) is 0 Å². The van der Waals surface area contributed by atoms with Crippen molar-refractivity contribution in [3.05, 3.63) is 30.6 Å². The van der Waals surface area contributed by atoms with Crippen LogP contribution in [0.3, 0.4) is 0 Å². The van der Waals surface area contributed by atoms with Crippen LogP contribution in [-0.2, 0) is 0 Å². The topological polar surface area (TPSA) is 53.5 Å². The third-order valence-corrected chi connectivity index (χ3v) is 2.62. The number of ether oxygens (including phenoxy) is 3. The summed E-state index contributed by atoms with van der Waals surface area (Å²) in [7, 11) is 4.61. The Hall–Kier alpha value is -2.37. The lowest BCUT2D eigenvalue weighted by atomic mass is 10.1. The van der Waals surface area contributed by atoms with Gasteiger partial charge in [-0.2, -0.15) is 4.39 Å². The summed E-state index contributed by atoms with van der Waals surface area (Å²) in [6.07, 6.45) is 1.96. The van der Waals surface area contributed by atoms with Crippen LogP contribution in [0, 0.1) is 6.08 Å². The second-order valence-electron chi connectivity index (χ2n) is 3.65. The number of aromatic nitrogens is 2. The largest absolute Gasteiger partial charge is 0.496 e. The van der Waals surface area contributed by atoms with Gasteiger partial charge in [-0.25, -0.2) is 9.97 Å². The zero-order valence-corrected chi connectivity index (χ0v) is 10.8. The van der Waals surface area contributed by atoms with E-state index in [9.17, 15) is 4.39 Å². The number of hydrogen-bond donors (Lipinski definition) is 0. The molecule has 0 radical (unpaired) electrons. The van der Waals surface area contributed by atoms with Gasteiger partial charge < -0.3 is 14.2 Å². The average Bonchev–Trinajstić information content (AvgIpc) is 2.46. The van der Waals surface area contributed by atoms with Crippen molar-refractivity contribution < 1.29 is 18.6 Å². The van der Waals surface area contributed by atoms with Gasteiger partial charge >= 0.3 is 6.08 Å². The zero-order chi connectivity index (χ0) is 13.8. The molecule has 0 aliphatic heterocycles. The molecule has 1 heterocycles. The molecule has 2 aromatic rings. The van der Waals surface area contributed by atoms with Crippen molar-refractivity contribution in [3.8, 4) is 28.4 Å². The molecular weight excluding hydrogens is 251 g/mol. The molecule has 0 fully saturated rings. The van der Waals surface area contributed by atoms with Crippen LogP contribution in [0.5, 0.6) is 17.2 Å². The standard InChI is InChI=1S/C13H13FN2O3/c1-17-9-4-10(18-2)12(11(5-9)19-3)8-6-15-13(14)16-7-8/h4-7H,1-3H3. The summed E-state index contributed by atoms with van der Waals surface area (Å²) in [6.45, 7) is 0. The van der Waals surface area contributed by atoms with Crippen LogP contribution in [0.25, 0.3) is 11.1 Å². The van der Waals surface area contributed by atoms with E-state index in [4.69, 9.17) is 14.2 Å². The van der Waals surface area contributed by atoms with E-state index in [0.717, 1.165) is 0 Å². The zero-order valence-electron chi connectivity index (χ0n) is 10.8. The summed E-state index contributed by atoms with van der Waals surface area (Å²) in [5, 5.41) is 0. The Labute approximate surface area is 110 Å². The maximum Gasteiger partial charge on any atom is 0.308 e. The lowest BCUT2D eigenvalue weighted by Crippen LogP contribution is -1.97. The van der Waals surface area contributed by atoms with E-state index in [1.807, 2.05) is 0 Å². The number of benzene rings is 1. The Balaban J connectivity index is 2.63. The molecule has 0 N–H and O–H groups in total. The first-order valence-electron chi connectivity index (χ1n) is 5.47. The number of methoxy groups -OCH3 is 3. The normalized spacial score (nSPS) is 10.1. The van der Waals surface area contributed by atoms with Crippen LogP contribution in [0.2, 0.25) is 0 Å². The molecule has 6 heteroatoms. The smallest absolute Gasteiger partial charge is 0.308 e. The predicted molar refractivity (Wildman–Crippen MR) is 67.1 cm³/mol. The van der Waals surface area contributed by atoms with Crippen molar-refractivity contribution in [1.82, 2.24) is 9.97 Å².